The van der Waals surface area contributed by atoms with Crippen molar-refractivity contribution in [2.45, 2.75) is 31.6 Å². The van der Waals surface area contributed by atoms with E-state index in [9.17, 15) is 4.79 Å². The Balaban J connectivity index is 2.19. The molecule has 0 bridgehead atoms. The Morgan fingerprint density at radius 1 is 1.09 bits per heavy atom. The maximum absolute atomic E-state index is 13.4. The lowest BCUT2D eigenvalue weighted by atomic mass is 9.72. The van der Waals surface area contributed by atoms with E-state index in [0.717, 1.165) is 36.1 Å². The zero-order chi connectivity index (χ0) is 16.3. The van der Waals surface area contributed by atoms with Gasteiger partial charge in [-0.25, -0.2) is 0 Å². The van der Waals surface area contributed by atoms with Gasteiger partial charge in [-0.3, -0.25) is 4.79 Å². The monoisotopic (exact) mass is 305 g/mol. The van der Waals surface area contributed by atoms with Crippen LogP contribution in [-0.4, -0.2) is 12.5 Å². The molecule has 0 saturated carbocycles. The van der Waals surface area contributed by atoms with Gasteiger partial charge in [0.05, 0.1) is 0 Å². The highest BCUT2D eigenvalue weighted by molar-refractivity contribution is 6.10. The number of hydrogen-bond donors (Lipinski definition) is 0. The number of allylic oxidation sites excluding steroid dienone is 1. The molecule has 2 nitrogen and oxygen atoms in total. The maximum atomic E-state index is 13.4. The fourth-order valence-corrected chi connectivity index (χ4v) is 3.74. The number of anilines is 1. The van der Waals surface area contributed by atoms with Crippen molar-refractivity contribution in [2.75, 3.05) is 11.4 Å². The van der Waals surface area contributed by atoms with Crippen molar-refractivity contribution in [3.05, 3.63) is 78.4 Å². The molecular weight excluding hydrogens is 282 g/mol. The maximum Gasteiger partial charge on any atom is 0.242 e. The molecule has 1 amide bonds. The Hall–Kier alpha value is -2.35. The second kappa shape index (κ2) is 6.41. The number of amides is 1. The minimum atomic E-state index is -0.559. The van der Waals surface area contributed by atoms with Crippen LogP contribution in [0.3, 0.4) is 0 Å². The summed E-state index contributed by atoms with van der Waals surface area (Å²) in [5.41, 5.74) is 2.73. The number of rotatable bonds is 6. The predicted octanol–water partition coefficient (Wildman–Crippen LogP) is 4.70. The van der Waals surface area contributed by atoms with Gasteiger partial charge in [0.25, 0.3) is 0 Å². The summed E-state index contributed by atoms with van der Waals surface area (Å²) in [5.74, 6) is 0.205. The molecule has 0 N–H and O–H groups in total. The zero-order valence-corrected chi connectivity index (χ0v) is 13.7. The number of fused-ring (bicyclic) bond motifs is 1. The molecule has 118 valence electrons. The van der Waals surface area contributed by atoms with Gasteiger partial charge >= 0.3 is 0 Å². The van der Waals surface area contributed by atoms with Crippen LogP contribution >= 0.6 is 0 Å². The van der Waals surface area contributed by atoms with Crippen LogP contribution in [0.25, 0.3) is 0 Å². The third-order valence-electron chi connectivity index (χ3n) is 4.81. The Bertz CT molecular complexity index is 707. The molecule has 1 heterocycles. The van der Waals surface area contributed by atoms with Crippen LogP contribution in [0.1, 0.15) is 37.3 Å². The molecule has 1 unspecified atom stereocenters. The average molecular weight is 305 g/mol. The van der Waals surface area contributed by atoms with Crippen LogP contribution in [0.5, 0.6) is 0 Å². The molecule has 0 saturated heterocycles. The number of carbonyl (C=O) groups is 1. The topological polar surface area (TPSA) is 20.3 Å². The number of nitrogens with zero attached hydrogens (tertiary/aromatic N) is 1. The highest BCUT2D eigenvalue weighted by Crippen LogP contribution is 2.48. The van der Waals surface area contributed by atoms with Crippen molar-refractivity contribution >= 4 is 11.6 Å². The van der Waals surface area contributed by atoms with Gasteiger partial charge in [0.1, 0.15) is 5.41 Å². The molecule has 1 atom stereocenters. The van der Waals surface area contributed by atoms with E-state index in [1.807, 2.05) is 48.2 Å². The number of likely N-dealkylation sites (N-methyl/N-ethyl adjacent to an activating group) is 1. The smallest absolute Gasteiger partial charge is 0.242 e. The fourth-order valence-electron chi connectivity index (χ4n) is 3.74. The van der Waals surface area contributed by atoms with Crippen LogP contribution in [0.2, 0.25) is 0 Å². The van der Waals surface area contributed by atoms with Crippen molar-refractivity contribution in [2.24, 2.45) is 0 Å². The summed E-state index contributed by atoms with van der Waals surface area (Å²) >= 11 is 0. The molecule has 2 aromatic rings. The Kier molecular flexibility index (Phi) is 4.33. The first kappa shape index (κ1) is 15.5. The van der Waals surface area contributed by atoms with Crippen molar-refractivity contribution in [3.63, 3.8) is 0 Å². The molecule has 1 aliphatic heterocycles. The predicted molar refractivity (Wildman–Crippen MR) is 95.7 cm³/mol. The summed E-state index contributed by atoms with van der Waals surface area (Å²) in [6, 6.07) is 18.5. The van der Waals surface area contributed by atoms with E-state index in [1.165, 1.54) is 0 Å². The molecule has 0 spiro atoms. The van der Waals surface area contributed by atoms with Crippen LogP contribution in [0, 0.1) is 0 Å². The van der Waals surface area contributed by atoms with Crippen molar-refractivity contribution in [1.29, 1.82) is 0 Å². The first-order chi connectivity index (χ1) is 11.3. The van der Waals surface area contributed by atoms with E-state index in [4.69, 9.17) is 0 Å². The van der Waals surface area contributed by atoms with E-state index < -0.39 is 5.41 Å². The molecule has 0 aromatic heterocycles. The van der Waals surface area contributed by atoms with E-state index in [0.29, 0.717) is 6.54 Å². The summed E-state index contributed by atoms with van der Waals surface area (Å²) in [6.07, 6.45) is 4.63. The summed E-state index contributed by atoms with van der Waals surface area (Å²) < 4.78 is 0. The Morgan fingerprint density at radius 3 is 2.48 bits per heavy atom. The van der Waals surface area contributed by atoms with E-state index in [2.05, 4.69) is 30.8 Å². The van der Waals surface area contributed by atoms with Gasteiger partial charge in [0.2, 0.25) is 5.91 Å². The molecule has 1 aliphatic rings. The highest BCUT2D eigenvalue weighted by Gasteiger charge is 2.50. The highest BCUT2D eigenvalue weighted by atomic mass is 16.2. The molecular formula is C21H23NO. The minimum Gasteiger partial charge on any atom is -0.311 e. The lowest BCUT2D eigenvalue weighted by molar-refractivity contribution is -0.122. The minimum absolute atomic E-state index is 0.205. The first-order valence-corrected chi connectivity index (χ1v) is 8.33. The zero-order valence-electron chi connectivity index (χ0n) is 13.7. The number of carbonyl (C=O) groups excluding carboxylic acids is 1. The van der Waals surface area contributed by atoms with Crippen LogP contribution in [-0.2, 0) is 10.2 Å². The summed E-state index contributed by atoms with van der Waals surface area (Å²) in [5, 5.41) is 0. The van der Waals surface area contributed by atoms with Gasteiger partial charge in [0.15, 0.2) is 0 Å². The van der Waals surface area contributed by atoms with Crippen molar-refractivity contribution in [1.82, 2.24) is 0 Å². The van der Waals surface area contributed by atoms with Crippen molar-refractivity contribution in [3.8, 4) is 0 Å². The fraction of sp³-hybridized carbons (Fsp3) is 0.286. The molecule has 2 aromatic carbocycles. The molecule has 3 rings (SSSR count). The standard InChI is InChI=1S/C21H23NO/c1-3-5-11-16-21(17-12-7-6-8-13-17)18-14-9-10-15-19(18)22(4-2)20(21)23/h3,6-10,12-15H,1,4-5,11,16H2,2H3. The van der Waals surface area contributed by atoms with Crippen LogP contribution in [0.15, 0.2) is 67.3 Å². The largest absolute Gasteiger partial charge is 0.311 e. The van der Waals surface area contributed by atoms with Crippen LogP contribution in [0.4, 0.5) is 5.69 Å². The quantitative estimate of drug-likeness (QED) is 0.560. The summed E-state index contributed by atoms with van der Waals surface area (Å²) in [7, 11) is 0. The molecule has 2 heteroatoms. The van der Waals surface area contributed by atoms with Gasteiger partial charge in [-0.15, -0.1) is 6.58 Å². The van der Waals surface area contributed by atoms with Gasteiger partial charge in [-0.2, -0.15) is 0 Å². The number of hydrogen-bond acceptors (Lipinski definition) is 1. The second-order valence-electron chi connectivity index (χ2n) is 6.02. The van der Waals surface area contributed by atoms with Gasteiger partial charge in [0, 0.05) is 12.2 Å². The molecule has 0 radical (unpaired) electrons. The van der Waals surface area contributed by atoms with E-state index >= 15 is 0 Å². The normalized spacial score (nSPS) is 19.7. The lowest BCUT2D eigenvalue weighted by Gasteiger charge is -2.29. The Morgan fingerprint density at radius 2 is 1.78 bits per heavy atom. The van der Waals surface area contributed by atoms with E-state index in [1.54, 1.807) is 0 Å². The van der Waals surface area contributed by atoms with Gasteiger partial charge in [-0.1, -0.05) is 54.6 Å². The lowest BCUT2D eigenvalue weighted by Crippen LogP contribution is -2.41. The number of para-hydroxylation sites is 1. The van der Waals surface area contributed by atoms with Crippen LogP contribution < -0.4 is 4.90 Å². The SMILES string of the molecule is C=CCCCC1(c2ccccc2)C(=O)N(CC)c2ccccc21. The third-order valence-corrected chi connectivity index (χ3v) is 4.81. The van der Waals surface area contributed by atoms with Crippen molar-refractivity contribution < 1.29 is 4.79 Å². The van der Waals surface area contributed by atoms with E-state index in [-0.39, 0.29) is 5.91 Å². The van der Waals surface area contributed by atoms with Gasteiger partial charge < -0.3 is 4.90 Å². The Labute approximate surface area is 138 Å². The summed E-state index contributed by atoms with van der Waals surface area (Å²) in [4.78, 5) is 15.3. The molecule has 0 aliphatic carbocycles. The number of benzene rings is 2. The first-order valence-electron chi connectivity index (χ1n) is 8.33. The number of unbranched alkanes of at least 4 members (excludes halogenated alkanes) is 1. The third kappa shape index (κ3) is 2.39. The average Bonchev–Trinajstić information content (AvgIpc) is 2.85. The second-order valence-corrected chi connectivity index (χ2v) is 6.02. The molecule has 23 heavy (non-hydrogen) atoms. The van der Waals surface area contributed by atoms with Gasteiger partial charge in [-0.05, 0) is 43.4 Å². The summed E-state index contributed by atoms with van der Waals surface area (Å²) in [6.45, 7) is 6.56. The molecule has 0 fully saturated rings.